The number of carbonyl (C=O) groups excluding carboxylic acids is 1. The number of rotatable bonds is 2. The molecule has 0 radical (unpaired) electrons. The van der Waals surface area contributed by atoms with Crippen LogP contribution >= 0.6 is 11.6 Å². The average Bonchev–Trinajstić information content (AvgIpc) is 2.19. The lowest BCUT2D eigenvalue weighted by Gasteiger charge is -2.31. The van der Waals surface area contributed by atoms with Crippen LogP contribution in [0.1, 0.15) is 18.4 Å². The Kier molecular flexibility index (Phi) is 3.17. The molecule has 1 aliphatic carbocycles. The second-order valence-corrected chi connectivity index (χ2v) is 4.81. The summed E-state index contributed by atoms with van der Waals surface area (Å²) in [6.07, 6.45) is 1.57. The van der Waals surface area contributed by atoms with E-state index in [1.54, 1.807) is 6.07 Å². The number of aryl methyl sites for hydroxylation is 1. The summed E-state index contributed by atoms with van der Waals surface area (Å²) in [5.41, 5.74) is 7.46. The summed E-state index contributed by atoms with van der Waals surface area (Å²) >= 11 is 5.88. The lowest BCUT2D eigenvalue weighted by molar-refractivity contribution is -0.122. The van der Waals surface area contributed by atoms with Gasteiger partial charge in [-0.15, -0.1) is 0 Å². The Morgan fingerprint density at radius 2 is 2.19 bits per heavy atom. The number of benzene rings is 1. The third kappa shape index (κ3) is 2.36. The molecule has 0 aliphatic heterocycles. The zero-order chi connectivity index (χ0) is 11.7. The van der Waals surface area contributed by atoms with E-state index in [0.717, 1.165) is 24.1 Å². The van der Waals surface area contributed by atoms with Gasteiger partial charge in [-0.25, -0.2) is 0 Å². The van der Waals surface area contributed by atoms with Crippen LogP contribution in [0.2, 0.25) is 5.02 Å². The van der Waals surface area contributed by atoms with Crippen molar-refractivity contribution in [1.29, 1.82) is 0 Å². The van der Waals surface area contributed by atoms with Crippen molar-refractivity contribution in [1.82, 2.24) is 0 Å². The maximum atomic E-state index is 11.8. The van der Waals surface area contributed by atoms with Crippen molar-refractivity contribution in [3.8, 4) is 0 Å². The summed E-state index contributed by atoms with van der Waals surface area (Å²) in [5, 5.41) is 3.53. The van der Waals surface area contributed by atoms with E-state index in [1.807, 2.05) is 19.1 Å². The molecule has 1 aromatic rings. The maximum absolute atomic E-state index is 11.8. The van der Waals surface area contributed by atoms with Gasteiger partial charge in [0.15, 0.2) is 0 Å². The van der Waals surface area contributed by atoms with Gasteiger partial charge in [-0.05, 0) is 37.5 Å². The Hall–Kier alpha value is -1.06. The van der Waals surface area contributed by atoms with Gasteiger partial charge < -0.3 is 11.1 Å². The molecule has 1 saturated carbocycles. The zero-order valence-corrected chi connectivity index (χ0v) is 9.92. The Labute approximate surface area is 100.0 Å². The van der Waals surface area contributed by atoms with Crippen molar-refractivity contribution in [2.24, 2.45) is 11.7 Å². The average molecular weight is 239 g/mol. The van der Waals surface area contributed by atoms with E-state index >= 15 is 0 Å². The van der Waals surface area contributed by atoms with Gasteiger partial charge in [0.25, 0.3) is 0 Å². The van der Waals surface area contributed by atoms with Crippen LogP contribution in [0.25, 0.3) is 0 Å². The van der Waals surface area contributed by atoms with Gasteiger partial charge >= 0.3 is 0 Å². The first-order valence-electron chi connectivity index (χ1n) is 5.39. The topological polar surface area (TPSA) is 55.1 Å². The molecule has 0 heterocycles. The Bertz CT molecular complexity index is 413. The van der Waals surface area contributed by atoms with Gasteiger partial charge in [-0.2, -0.15) is 0 Å². The predicted octanol–water partition coefficient (Wildman–Crippen LogP) is 2.32. The third-order valence-electron chi connectivity index (χ3n) is 3.00. The summed E-state index contributed by atoms with van der Waals surface area (Å²) in [7, 11) is 0. The molecule has 86 valence electrons. The van der Waals surface area contributed by atoms with Crippen molar-refractivity contribution in [2.45, 2.75) is 25.8 Å². The van der Waals surface area contributed by atoms with Crippen molar-refractivity contribution in [2.75, 3.05) is 5.32 Å². The van der Waals surface area contributed by atoms with E-state index in [4.69, 9.17) is 17.3 Å². The first-order valence-corrected chi connectivity index (χ1v) is 5.76. The Morgan fingerprint density at radius 1 is 1.50 bits per heavy atom. The molecule has 3 nitrogen and oxygen atoms in total. The SMILES string of the molecule is Cc1ccc(Cl)cc1NC(=O)C1CC(N)C1. The largest absolute Gasteiger partial charge is 0.328 e. The summed E-state index contributed by atoms with van der Waals surface area (Å²) in [5.74, 6) is 0.112. The van der Waals surface area contributed by atoms with Gasteiger partial charge in [-0.1, -0.05) is 17.7 Å². The molecule has 0 saturated heterocycles. The van der Waals surface area contributed by atoms with Crippen LogP contribution in [0.15, 0.2) is 18.2 Å². The first-order chi connectivity index (χ1) is 7.56. The minimum Gasteiger partial charge on any atom is -0.328 e. The molecule has 0 atom stereocenters. The second kappa shape index (κ2) is 4.44. The normalized spacial score (nSPS) is 23.7. The number of anilines is 1. The molecular weight excluding hydrogens is 224 g/mol. The smallest absolute Gasteiger partial charge is 0.227 e. The molecule has 2 rings (SSSR count). The van der Waals surface area contributed by atoms with Crippen LogP contribution in [-0.2, 0) is 4.79 Å². The van der Waals surface area contributed by atoms with Crippen molar-refractivity contribution >= 4 is 23.2 Å². The number of nitrogens with one attached hydrogen (secondary N) is 1. The van der Waals surface area contributed by atoms with Gasteiger partial charge in [0.05, 0.1) is 0 Å². The molecule has 1 amide bonds. The molecule has 0 aromatic heterocycles. The number of halogens is 1. The van der Waals surface area contributed by atoms with E-state index in [0.29, 0.717) is 5.02 Å². The van der Waals surface area contributed by atoms with Crippen LogP contribution in [-0.4, -0.2) is 11.9 Å². The van der Waals surface area contributed by atoms with Crippen LogP contribution in [0, 0.1) is 12.8 Å². The molecule has 1 aromatic carbocycles. The molecular formula is C12H15ClN2O. The number of amides is 1. The molecule has 1 aliphatic rings. The van der Waals surface area contributed by atoms with E-state index in [1.165, 1.54) is 0 Å². The Morgan fingerprint density at radius 3 is 2.81 bits per heavy atom. The standard InChI is InChI=1S/C12H15ClN2O/c1-7-2-3-9(13)6-11(7)15-12(16)8-4-10(14)5-8/h2-3,6,8,10H,4-5,14H2,1H3,(H,15,16). The summed E-state index contributed by atoms with van der Waals surface area (Å²) in [4.78, 5) is 11.8. The van der Waals surface area contributed by atoms with Crippen molar-refractivity contribution < 1.29 is 4.79 Å². The molecule has 16 heavy (non-hydrogen) atoms. The second-order valence-electron chi connectivity index (χ2n) is 4.38. The molecule has 1 fully saturated rings. The van der Waals surface area contributed by atoms with Crippen molar-refractivity contribution in [3.05, 3.63) is 28.8 Å². The highest BCUT2D eigenvalue weighted by Gasteiger charge is 2.32. The maximum Gasteiger partial charge on any atom is 0.227 e. The highest BCUT2D eigenvalue weighted by atomic mass is 35.5. The fourth-order valence-electron chi connectivity index (χ4n) is 1.84. The van der Waals surface area contributed by atoms with E-state index in [-0.39, 0.29) is 17.9 Å². The lowest BCUT2D eigenvalue weighted by atomic mass is 9.80. The highest BCUT2D eigenvalue weighted by molar-refractivity contribution is 6.31. The van der Waals surface area contributed by atoms with Gasteiger partial charge in [0.1, 0.15) is 0 Å². The van der Waals surface area contributed by atoms with Crippen LogP contribution in [0.5, 0.6) is 0 Å². The number of hydrogen-bond acceptors (Lipinski definition) is 2. The fraction of sp³-hybridized carbons (Fsp3) is 0.417. The van der Waals surface area contributed by atoms with Crippen LogP contribution < -0.4 is 11.1 Å². The first kappa shape index (κ1) is 11.4. The van der Waals surface area contributed by atoms with Crippen molar-refractivity contribution in [3.63, 3.8) is 0 Å². The number of nitrogens with two attached hydrogens (primary N) is 1. The summed E-state index contributed by atoms with van der Waals surface area (Å²) < 4.78 is 0. The van der Waals surface area contributed by atoms with Gasteiger partial charge in [0, 0.05) is 22.7 Å². The van der Waals surface area contributed by atoms with Crippen LogP contribution in [0.3, 0.4) is 0 Å². The minimum absolute atomic E-state index is 0.0482. The molecule has 4 heteroatoms. The number of carbonyl (C=O) groups is 1. The van der Waals surface area contributed by atoms with E-state index in [9.17, 15) is 4.79 Å². The fourth-order valence-corrected chi connectivity index (χ4v) is 2.01. The molecule has 0 unspecified atom stereocenters. The minimum atomic E-state index is 0.0482. The van der Waals surface area contributed by atoms with Crippen LogP contribution in [0.4, 0.5) is 5.69 Å². The summed E-state index contributed by atoms with van der Waals surface area (Å²) in [6, 6.07) is 5.67. The third-order valence-corrected chi connectivity index (χ3v) is 3.24. The molecule has 3 N–H and O–H groups in total. The lowest BCUT2D eigenvalue weighted by Crippen LogP contribution is -2.42. The van der Waals surface area contributed by atoms with Gasteiger partial charge in [-0.3, -0.25) is 4.79 Å². The molecule has 0 spiro atoms. The van der Waals surface area contributed by atoms with E-state index in [2.05, 4.69) is 5.32 Å². The van der Waals surface area contributed by atoms with E-state index < -0.39 is 0 Å². The number of hydrogen-bond donors (Lipinski definition) is 2. The summed E-state index contributed by atoms with van der Waals surface area (Å²) in [6.45, 7) is 1.94. The predicted molar refractivity (Wildman–Crippen MR) is 65.5 cm³/mol. The molecule has 0 bridgehead atoms. The van der Waals surface area contributed by atoms with Gasteiger partial charge in [0.2, 0.25) is 5.91 Å². The monoisotopic (exact) mass is 238 g/mol. The zero-order valence-electron chi connectivity index (χ0n) is 9.16. The Balaban J connectivity index is 2.03. The highest BCUT2D eigenvalue weighted by Crippen LogP contribution is 2.28. The quantitative estimate of drug-likeness (QED) is 0.831.